The van der Waals surface area contributed by atoms with E-state index in [4.69, 9.17) is 15.7 Å². The van der Waals surface area contributed by atoms with Gasteiger partial charge in [-0.15, -0.1) is 0 Å². The van der Waals surface area contributed by atoms with Crippen LogP contribution in [0.2, 0.25) is 0 Å². The number of nitrogens with zero attached hydrogens (tertiary/aromatic N) is 2. The fraction of sp³-hybridized carbons (Fsp3) is 0.143. The summed E-state index contributed by atoms with van der Waals surface area (Å²) in [7, 11) is 0. The number of benzene rings is 1. The van der Waals surface area contributed by atoms with E-state index in [9.17, 15) is 0 Å². The summed E-state index contributed by atoms with van der Waals surface area (Å²) in [5.41, 5.74) is 8.69. The summed E-state index contributed by atoms with van der Waals surface area (Å²) in [6, 6.07) is 9.05. The van der Waals surface area contributed by atoms with Crippen LogP contribution in [-0.4, -0.2) is 4.98 Å². The van der Waals surface area contributed by atoms with Crippen LogP contribution in [0.15, 0.2) is 30.5 Å². The van der Waals surface area contributed by atoms with Crippen molar-refractivity contribution in [1.82, 2.24) is 4.98 Å². The van der Waals surface area contributed by atoms with Crippen LogP contribution in [0.25, 0.3) is 0 Å². The van der Waals surface area contributed by atoms with E-state index in [1.54, 1.807) is 30.5 Å². The number of nitrogens with two attached hydrogens (primary N) is 1. The summed E-state index contributed by atoms with van der Waals surface area (Å²) >= 11 is 0. The molecule has 0 fully saturated rings. The highest BCUT2D eigenvalue weighted by molar-refractivity contribution is 5.49. The van der Waals surface area contributed by atoms with Gasteiger partial charge in [-0.05, 0) is 43.2 Å². The second kappa shape index (κ2) is 4.76. The van der Waals surface area contributed by atoms with Gasteiger partial charge in [0.15, 0.2) is 0 Å². The number of rotatable bonds is 2. The predicted octanol–water partition coefficient (Wildman–Crippen LogP) is 2.94. The molecule has 0 aliphatic rings. The molecule has 0 saturated carbocycles. The Morgan fingerprint density at radius 2 is 1.89 bits per heavy atom. The molecule has 1 aromatic heterocycles. The van der Waals surface area contributed by atoms with Crippen LogP contribution in [0.5, 0.6) is 11.6 Å². The van der Waals surface area contributed by atoms with Crippen LogP contribution >= 0.6 is 0 Å². The maximum atomic E-state index is 8.88. The van der Waals surface area contributed by atoms with E-state index in [1.807, 2.05) is 13.8 Å². The highest BCUT2D eigenvalue weighted by atomic mass is 16.5. The molecule has 18 heavy (non-hydrogen) atoms. The molecule has 2 rings (SSSR count). The SMILES string of the molecule is Cc1cc(C#N)cc(C)c1Oc1cc(N)ccn1. The zero-order chi connectivity index (χ0) is 13.1. The number of nitrogen functional groups attached to an aromatic ring is 1. The molecule has 0 atom stereocenters. The topological polar surface area (TPSA) is 71.9 Å². The first-order valence-electron chi connectivity index (χ1n) is 5.51. The number of pyridine rings is 1. The Hall–Kier alpha value is -2.54. The average molecular weight is 239 g/mol. The van der Waals surface area contributed by atoms with Gasteiger partial charge in [0.25, 0.3) is 0 Å². The van der Waals surface area contributed by atoms with E-state index >= 15 is 0 Å². The van der Waals surface area contributed by atoms with Gasteiger partial charge in [-0.25, -0.2) is 4.98 Å². The van der Waals surface area contributed by atoms with Crippen LogP contribution in [0.3, 0.4) is 0 Å². The molecule has 4 nitrogen and oxygen atoms in total. The minimum absolute atomic E-state index is 0.450. The molecule has 0 spiro atoms. The van der Waals surface area contributed by atoms with Crippen LogP contribution in [0.4, 0.5) is 5.69 Å². The van der Waals surface area contributed by atoms with E-state index in [1.165, 1.54) is 0 Å². The van der Waals surface area contributed by atoms with E-state index < -0.39 is 0 Å². The van der Waals surface area contributed by atoms with Crippen molar-refractivity contribution < 1.29 is 4.74 Å². The smallest absolute Gasteiger partial charge is 0.221 e. The van der Waals surface area contributed by atoms with Gasteiger partial charge in [0.05, 0.1) is 11.6 Å². The summed E-state index contributed by atoms with van der Waals surface area (Å²) in [6.45, 7) is 3.80. The first-order chi connectivity index (χ1) is 8.60. The van der Waals surface area contributed by atoms with Gasteiger partial charge in [0.1, 0.15) is 5.75 Å². The summed E-state index contributed by atoms with van der Waals surface area (Å²) in [4.78, 5) is 4.09. The van der Waals surface area contributed by atoms with Gasteiger partial charge >= 0.3 is 0 Å². The van der Waals surface area contributed by atoms with Crippen LogP contribution < -0.4 is 10.5 Å². The number of anilines is 1. The number of hydrogen-bond donors (Lipinski definition) is 1. The second-order valence-corrected chi connectivity index (χ2v) is 4.08. The van der Waals surface area contributed by atoms with Crippen LogP contribution in [0, 0.1) is 25.2 Å². The molecule has 1 heterocycles. The number of nitriles is 1. The normalized spacial score (nSPS) is 9.83. The van der Waals surface area contributed by atoms with Crippen molar-refractivity contribution in [1.29, 1.82) is 5.26 Å². The molecule has 2 aromatic rings. The van der Waals surface area contributed by atoms with Crippen molar-refractivity contribution in [2.24, 2.45) is 0 Å². The lowest BCUT2D eigenvalue weighted by Crippen LogP contribution is -1.95. The van der Waals surface area contributed by atoms with Crippen molar-refractivity contribution in [2.45, 2.75) is 13.8 Å². The third-order valence-electron chi connectivity index (χ3n) is 2.55. The van der Waals surface area contributed by atoms with Gasteiger partial charge in [0, 0.05) is 18.0 Å². The zero-order valence-corrected chi connectivity index (χ0v) is 10.3. The third-order valence-corrected chi connectivity index (χ3v) is 2.55. The molecule has 4 heteroatoms. The molecule has 90 valence electrons. The molecular formula is C14H13N3O. The maximum Gasteiger partial charge on any atom is 0.221 e. The van der Waals surface area contributed by atoms with Gasteiger partial charge < -0.3 is 10.5 Å². The quantitative estimate of drug-likeness (QED) is 0.874. The minimum Gasteiger partial charge on any atom is -0.438 e. The van der Waals surface area contributed by atoms with Crippen molar-refractivity contribution >= 4 is 5.69 Å². The zero-order valence-electron chi connectivity index (χ0n) is 10.3. The lowest BCUT2D eigenvalue weighted by atomic mass is 10.1. The van der Waals surface area contributed by atoms with Crippen molar-refractivity contribution in [2.75, 3.05) is 5.73 Å². The first-order valence-corrected chi connectivity index (χ1v) is 5.51. The summed E-state index contributed by atoms with van der Waals surface area (Å²) in [5, 5.41) is 8.88. The number of aromatic nitrogens is 1. The molecule has 0 radical (unpaired) electrons. The Kier molecular flexibility index (Phi) is 3.16. The fourth-order valence-electron chi connectivity index (χ4n) is 1.76. The van der Waals surface area contributed by atoms with Crippen molar-refractivity contribution in [3.63, 3.8) is 0 Å². The lowest BCUT2D eigenvalue weighted by Gasteiger charge is -2.11. The molecule has 0 bridgehead atoms. The van der Waals surface area contributed by atoms with E-state index in [0.29, 0.717) is 22.9 Å². The van der Waals surface area contributed by atoms with Crippen molar-refractivity contribution in [3.8, 4) is 17.7 Å². The van der Waals surface area contributed by atoms with Gasteiger partial charge in [-0.2, -0.15) is 5.26 Å². The standard InChI is InChI=1S/C14H13N3O/c1-9-5-11(8-15)6-10(2)14(9)18-13-7-12(16)3-4-17-13/h3-7H,1-2H3,(H2,16,17). The first kappa shape index (κ1) is 11.9. The maximum absolute atomic E-state index is 8.88. The number of aryl methyl sites for hydroxylation is 2. The summed E-state index contributed by atoms with van der Waals surface area (Å²) in [5.74, 6) is 1.16. The van der Waals surface area contributed by atoms with E-state index in [2.05, 4.69) is 11.1 Å². The van der Waals surface area contributed by atoms with Gasteiger partial charge in [-0.1, -0.05) is 0 Å². The molecule has 0 aliphatic heterocycles. The van der Waals surface area contributed by atoms with Crippen LogP contribution in [-0.2, 0) is 0 Å². The second-order valence-electron chi connectivity index (χ2n) is 4.08. The molecule has 0 unspecified atom stereocenters. The molecule has 0 amide bonds. The van der Waals surface area contributed by atoms with E-state index in [-0.39, 0.29) is 0 Å². The minimum atomic E-state index is 0.450. The van der Waals surface area contributed by atoms with Gasteiger partial charge in [0.2, 0.25) is 5.88 Å². The number of ether oxygens (including phenoxy) is 1. The summed E-state index contributed by atoms with van der Waals surface area (Å²) in [6.07, 6.45) is 1.60. The fourth-order valence-corrected chi connectivity index (χ4v) is 1.76. The molecule has 1 aromatic carbocycles. The third kappa shape index (κ3) is 2.41. The monoisotopic (exact) mass is 239 g/mol. The predicted molar refractivity (Wildman–Crippen MR) is 69.4 cm³/mol. The highest BCUT2D eigenvalue weighted by Crippen LogP contribution is 2.29. The number of hydrogen-bond acceptors (Lipinski definition) is 4. The Balaban J connectivity index is 2.38. The molecule has 0 saturated heterocycles. The van der Waals surface area contributed by atoms with E-state index in [0.717, 1.165) is 11.1 Å². The van der Waals surface area contributed by atoms with Crippen LogP contribution in [0.1, 0.15) is 16.7 Å². The lowest BCUT2D eigenvalue weighted by molar-refractivity contribution is 0.456. The van der Waals surface area contributed by atoms with Gasteiger partial charge in [-0.3, -0.25) is 0 Å². The molecular weight excluding hydrogens is 226 g/mol. The highest BCUT2D eigenvalue weighted by Gasteiger charge is 2.08. The Morgan fingerprint density at radius 1 is 1.22 bits per heavy atom. The molecule has 2 N–H and O–H groups in total. The molecule has 0 aliphatic carbocycles. The van der Waals surface area contributed by atoms with Crippen molar-refractivity contribution in [3.05, 3.63) is 47.2 Å². The average Bonchev–Trinajstić information content (AvgIpc) is 2.33. The Morgan fingerprint density at radius 3 is 2.44 bits per heavy atom. The summed E-state index contributed by atoms with van der Waals surface area (Å²) < 4.78 is 5.72. The largest absolute Gasteiger partial charge is 0.438 e. The Labute approximate surface area is 106 Å². The Bertz CT molecular complexity index is 606.